The van der Waals surface area contributed by atoms with Crippen LogP contribution in [0.5, 0.6) is 0 Å². The number of carbonyl (C=O) groups is 1. The van der Waals surface area contributed by atoms with E-state index in [-0.39, 0.29) is 23.6 Å². The Morgan fingerprint density at radius 1 is 1.50 bits per heavy atom. The predicted octanol–water partition coefficient (Wildman–Crippen LogP) is 2.32. The quantitative estimate of drug-likeness (QED) is 0.648. The van der Waals surface area contributed by atoms with Gasteiger partial charge in [0, 0.05) is 24.1 Å². The van der Waals surface area contributed by atoms with E-state index in [0.717, 1.165) is 12.1 Å². The van der Waals surface area contributed by atoms with Crippen molar-refractivity contribution in [2.24, 2.45) is 5.41 Å². The number of amides is 1. The molecule has 1 N–H and O–H groups in total. The van der Waals surface area contributed by atoms with Crippen LogP contribution < -0.4 is 5.32 Å². The molecule has 0 saturated carbocycles. The molecule has 96 valence electrons. The number of nitro groups is 1. The lowest BCUT2D eigenvalue weighted by Gasteiger charge is -2.25. The summed E-state index contributed by atoms with van der Waals surface area (Å²) in [7, 11) is 0. The molecule has 6 heteroatoms. The first-order chi connectivity index (χ1) is 8.31. The second-order valence-electron chi connectivity index (χ2n) is 5.13. The standard InChI is InChI=1S/C12H13FN2O3/c1-12(2)6-10(16)14-11(12)8-5-7(15(17)18)3-4-9(8)13/h3-5,11H,6H2,1-2H3,(H,14,16)/t11-/m1/s1. The fourth-order valence-corrected chi connectivity index (χ4v) is 2.29. The fourth-order valence-electron chi connectivity index (χ4n) is 2.29. The SMILES string of the molecule is CC1(C)CC(=O)N[C@@H]1c1cc([N+](=O)[O-])ccc1F. The van der Waals surface area contributed by atoms with Crippen LogP contribution in [0.3, 0.4) is 0 Å². The molecule has 0 bridgehead atoms. The molecule has 0 aliphatic carbocycles. The van der Waals surface area contributed by atoms with Gasteiger partial charge in [-0.25, -0.2) is 4.39 Å². The van der Waals surface area contributed by atoms with Gasteiger partial charge >= 0.3 is 0 Å². The van der Waals surface area contributed by atoms with Crippen LogP contribution in [0.4, 0.5) is 10.1 Å². The van der Waals surface area contributed by atoms with Crippen molar-refractivity contribution >= 4 is 11.6 Å². The van der Waals surface area contributed by atoms with Crippen LogP contribution in [-0.4, -0.2) is 10.8 Å². The normalized spacial score (nSPS) is 21.7. The first-order valence-electron chi connectivity index (χ1n) is 5.54. The summed E-state index contributed by atoms with van der Waals surface area (Å²) in [6, 6.07) is 2.83. The molecule has 0 aromatic heterocycles. The van der Waals surface area contributed by atoms with Gasteiger partial charge in [-0.1, -0.05) is 13.8 Å². The Labute approximate surface area is 103 Å². The van der Waals surface area contributed by atoms with Gasteiger partial charge < -0.3 is 5.32 Å². The second kappa shape index (κ2) is 4.04. The van der Waals surface area contributed by atoms with E-state index < -0.39 is 22.2 Å². The summed E-state index contributed by atoms with van der Waals surface area (Å²) in [4.78, 5) is 21.5. The smallest absolute Gasteiger partial charge is 0.269 e. The van der Waals surface area contributed by atoms with Crippen molar-refractivity contribution in [1.82, 2.24) is 5.32 Å². The first-order valence-corrected chi connectivity index (χ1v) is 5.54. The van der Waals surface area contributed by atoms with Gasteiger partial charge in [0.15, 0.2) is 0 Å². The van der Waals surface area contributed by atoms with Crippen LogP contribution >= 0.6 is 0 Å². The van der Waals surface area contributed by atoms with Gasteiger partial charge in [-0.15, -0.1) is 0 Å². The molecule has 0 radical (unpaired) electrons. The number of nitrogens with zero attached hydrogens (tertiary/aromatic N) is 1. The monoisotopic (exact) mass is 252 g/mol. The third-order valence-corrected chi connectivity index (χ3v) is 3.20. The summed E-state index contributed by atoms with van der Waals surface area (Å²) in [6.07, 6.45) is 0.278. The van der Waals surface area contributed by atoms with Crippen LogP contribution in [0.15, 0.2) is 18.2 Å². The maximum atomic E-state index is 13.8. The molecule has 1 fully saturated rings. The Morgan fingerprint density at radius 2 is 2.17 bits per heavy atom. The number of rotatable bonds is 2. The molecule has 1 saturated heterocycles. The molecule has 1 atom stereocenters. The average Bonchev–Trinajstić information content (AvgIpc) is 2.52. The lowest BCUT2D eigenvalue weighted by atomic mass is 9.81. The Bertz CT molecular complexity index is 528. The Hall–Kier alpha value is -1.98. The van der Waals surface area contributed by atoms with Gasteiger partial charge in [0.2, 0.25) is 5.91 Å². The number of halogens is 1. The van der Waals surface area contributed by atoms with Crippen LogP contribution in [0.25, 0.3) is 0 Å². The summed E-state index contributed by atoms with van der Waals surface area (Å²) in [5.74, 6) is -0.711. The van der Waals surface area contributed by atoms with E-state index in [2.05, 4.69) is 5.32 Å². The van der Waals surface area contributed by atoms with E-state index in [1.807, 2.05) is 13.8 Å². The molecule has 1 aliphatic rings. The number of non-ortho nitro benzene ring substituents is 1. The number of benzene rings is 1. The highest BCUT2D eigenvalue weighted by molar-refractivity contribution is 5.80. The molecule has 0 unspecified atom stereocenters. The van der Waals surface area contributed by atoms with Crippen molar-refractivity contribution in [2.45, 2.75) is 26.3 Å². The van der Waals surface area contributed by atoms with Gasteiger partial charge in [-0.3, -0.25) is 14.9 Å². The zero-order chi connectivity index (χ0) is 13.5. The summed E-state index contributed by atoms with van der Waals surface area (Å²) >= 11 is 0. The van der Waals surface area contributed by atoms with E-state index in [1.54, 1.807) is 0 Å². The van der Waals surface area contributed by atoms with Gasteiger partial charge in [-0.05, 0) is 11.5 Å². The third-order valence-electron chi connectivity index (χ3n) is 3.20. The van der Waals surface area contributed by atoms with Crippen molar-refractivity contribution in [3.8, 4) is 0 Å². The van der Waals surface area contributed by atoms with Gasteiger partial charge in [-0.2, -0.15) is 0 Å². The van der Waals surface area contributed by atoms with Crippen molar-refractivity contribution in [1.29, 1.82) is 0 Å². The van der Waals surface area contributed by atoms with E-state index >= 15 is 0 Å². The molecule has 1 aromatic carbocycles. The molecule has 0 spiro atoms. The molecule has 18 heavy (non-hydrogen) atoms. The van der Waals surface area contributed by atoms with E-state index in [4.69, 9.17) is 0 Å². The summed E-state index contributed by atoms with van der Waals surface area (Å²) in [5, 5.41) is 13.4. The van der Waals surface area contributed by atoms with Gasteiger partial charge in [0.1, 0.15) is 5.82 Å². The number of nitro benzene ring substituents is 1. The molecule has 1 heterocycles. The van der Waals surface area contributed by atoms with Crippen LogP contribution in [0.2, 0.25) is 0 Å². The average molecular weight is 252 g/mol. The highest BCUT2D eigenvalue weighted by Crippen LogP contribution is 2.42. The van der Waals surface area contributed by atoms with Gasteiger partial charge in [0.25, 0.3) is 5.69 Å². The van der Waals surface area contributed by atoms with Crippen molar-refractivity contribution < 1.29 is 14.1 Å². The first kappa shape index (κ1) is 12.5. The van der Waals surface area contributed by atoms with E-state index in [1.165, 1.54) is 6.07 Å². The molecule has 5 nitrogen and oxygen atoms in total. The minimum absolute atomic E-state index is 0.167. The minimum atomic E-state index is -0.577. The molecular formula is C12H13FN2O3. The summed E-state index contributed by atoms with van der Waals surface area (Å²) in [5.41, 5.74) is -0.476. The molecule has 2 rings (SSSR count). The number of carbonyl (C=O) groups excluding carboxylic acids is 1. The summed E-state index contributed by atoms with van der Waals surface area (Å²) in [6.45, 7) is 3.65. The zero-order valence-electron chi connectivity index (χ0n) is 10.1. The predicted molar refractivity (Wildman–Crippen MR) is 62.3 cm³/mol. The Balaban J connectivity index is 2.47. The maximum absolute atomic E-state index is 13.8. The van der Waals surface area contributed by atoms with E-state index in [9.17, 15) is 19.3 Å². The number of hydrogen-bond donors (Lipinski definition) is 1. The van der Waals surface area contributed by atoms with Crippen molar-refractivity contribution in [3.05, 3.63) is 39.7 Å². The zero-order valence-corrected chi connectivity index (χ0v) is 10.1. The van der Waals surface area contributed by atoms with Gasteiger partial charge in [0.05, 0.1) is 11.0 Å². The van der Waals surface area contributed by atoms with Crippen LogP contribution in [0.1, 0.15) is 31.9 Å². The molecule has 1 aromatic rings. The summed E-state index contributed by atoms with van der Waals surface area (Å²) < 4.78 is 13.8. The highest BCUT2D eigenvalue weighted by atomic mass is 19.1. The lowest BCUT2D eigenvalue weighted by molar-refractivity contribution is -0.385. The Kier molecular flexibility index (Phi) is 2.80. The van der Waals surface area contributed by atoms with E-state index in [0.29, 0.717) is 0 Å². The maximum Gasteiger partial charge on any atom is 0.269 e. The minimum Gasteiger partial charge on any atom is -0.349 e. The molecular weight excluding hydrogens is 239 g/mol. The molecule has 1 amide bonds. The topological polar surface area (TPSA) is 72.2 Å². The highest BCUT2D eigenvalue weighted by Gasteiger charge is 2.41. The number of hydrogen-bond acceptors (Lipinski definition) is 3. The Morgan fingerprint density at radius 3 is 2.67 bits per heavy atom. The second-order valence-corrected chi connectivity index (χ2v) is 5.13. The van der Waals surface area contributed by atoms with Crippen molar-refractivity contribution in [2.75, 3.05) is 0 Å². The lowest BCUT2D eigenvalue weighted by Crippen LogP contribution is -2.25. The van der Waals surface area contributed by atoms with Crippen molar-refractivity contribution in [3.63, 3.8) is 0 Å². The fraction of sp³-hybridized carbons (Fsp3) is 0.417. The van der Waals surface area contributed by atoms with Crippen LogP contribution in [-0.2, 0) is 4.79 Å². The third kappa shape index (κ3) is 2.05. The molecule has 1 aliphatic heterocycles. The number of nitrogens with one attached hydrogen (secondary N) is 1. The largest absolute Gasteiger partial charge is 0.349 e. The van der Waals surface area contributed by atoms with Crippen LogP contribution in [0, 0.1) is 21.3 Å².